The van der Waals surface area contributed by atoms with Gasteiger partial charge in [-0.1, -0.05) is 0 Å². The SMILES string of the molecule is CCC[CH2][Sn]([CH2]CCC)([CH2]CCC)/[C](=C/c1ccc(O[Si](C)(C)C(C)(C)C)cc1)C(N)=O. The van der Waals surface area contributed by atoms with Crippen LogP contribution in [-0.2, 0) is 4.79 Å². The Balaban J connectivity index is 3.33. The van der Waals surface area contributed by atoms with Gasteiger partial charge in [0.05, 0.1) is 0 Å². The van der Waals surface area contributed by atoms with Gasteiger partial charge in [0.15, 0.2) is 0 Å². The molecule has 0 aliphatic carbocycles. The van der Waals surface area contributed by atoms with Crippen molar-refractivity contribution in [1.82, 2.24) is 0 Å². The molecule has 1 rings (SSSR count). The molecule has 0 aliphatic rings. The average Bonchev–Trinajstić information content (AvgIpc) is 2.72. The quantitative estimate of drug-likeness (QED) is 0.182. The number of hydrogen-bond acceptors (Lipinski definition) is 2. The van der Waals surface area contributed by atoms with Crippen LogP contribution in [0.15, 0.2) is 27.9 Å². The molecule has 1 aromatic carbocycles. The summed E-state index contributed by atoms with van der Waals surface area (Å²) >= 11 is -2.88. The van der Waals surface area contributed by atoms with Crippen LogP contribution in [0.25, 0.3) is 6.08 Å². The molecule has 0 bridgehead atoms. The Kier molecular flexibility index (Phi) is 12.1. The van der Waals surface area contributed by atoms with Crippen LogP contribution in [0.2, 0.25) is 31.4 Å². The average molecular weight is 566 g/mol. The van der Waals surface area contributed by atoms with E-state index < -0.39 is 26.7 Å². The Morgan fingerprint density at radius 1 is 0.938 bits per heavy atom. The second-order valence-electron chi connectivity index (χ2n) is 10.9. The number of unbranched alkanes of at least 4 members (excludes halogenated alkanes) is 3. The molecular weight excluding hydrogens is 517 g/mol. The summed E-state index contributed by atoms with van der Waals surface area (Å²) in [6.45, 7) is 18.1. The first-order chi connectivity index (χ1) is 14.9. The van der Waals surface area contributed by atoms with E-state index in [2.05, 4.69) is 85.0 Å². The summed E-state index contributed by atoms with van der Waals surface area (Å²) in [5.41, 5.74) is 7.15. The molecule has 0 aromatic heterocycles. The minimum absolute atomic E-state index is 0.163. The summed E-state index contributed by atoms with van der Waals surface area (Å²) in [5.74, 6) is 0.748. The third-order valence-electron chi connectivity index (χ3n) is 7.23. The molecule has 0 aliphatic heterocycles. The summed E-state index contributed by atoms with van der Waals surface area (Å²) in [4.78, 5) is 12.8. The number of hydrogen-bond donors (Lipinski definition) is 1. The third-order valence-corrected chi connectivity index (χ3v) is 27.2. The molecule has 0 radical (unpaired) electrons. The molecule has 182 valence electrons. The molecule has 1 amide bonds. The van der Waals surface area contributed by atoms with Gasteiger partial charge >= 0.3 is 204 Å². The third kappa shape index (κ3) is 8.55. The van der Waals surface area contributed by atoms with Crippen LogP contribution in [0, 0.1) is 0 Å². The summed E-state index contributed by atoms with van der Waals surface area (Å²) in [6.07, 6.45) is 9.34. The molecule has 3 nitrogen and oxygen atoms in total. The van der Waals surface area contributed by atoms with Crippen molar-refractivity contribution in [2.45, 2.75) is 112 Å². The molecule has 0 unspecified atom stereocenters. The Morgan fingerprint density at radius 3 is 1.72 bits per heavy atom. The van der Waals surface area contributed by atoms with E-state index in [1.807, 2.05) is 0 Å². The normalized spacial score (nSPS) is 13.3. The van der Waals surface area contributed by atoms with Gasteiger partial charge in [0.1, 0.15) is 0 Å². The van der Waals surface area contributed by atoms with Gasteiger partial charge in [-0.15, -0.1) is 0 Å². The van der Waals surface area contributed by atoms with Crippen molar-refractivity contribution in [2.24, 2.45) is 5.73 Å². The van der Waals surface area contributed by atoms with Gasteiger partial charge in [0, 0.05) is 0 Å². The summed E-state index contributed by atoms with van der Waals surface area (Å²) in [5, 5.41) is 0.163. The zero-order valence-electron chi connectivity index (χ0n) is 22.1. The van der Waals surface area contributed by atoms with Crippen LogP contribution < -0.4 is 10.2 Å². The molecule has 0 saturated carbocycles. The van der Waals surface area contributed by atoms with Crippen molar-refractivity contribution in [3.8, 4) is 5.75 Å². The number of nitrogens with two attached hydrogens (primary N) is 1. The molecule has 32 heavy (non-hydrogen) atoms. The van der Waals surface area contributed by atoms with Gasteiger partial charge in [-0.2, -0.15) is 0 Å². The van der Waals surface area contributed by atoms with Crippen LogP contribution in [0.3, 0.4) is 0 Å². The van der Waals surface area contributed by atoms with E-state index in [9.17, 15) is 4.79 Å². The molecular formula is C27H49NO2SiSn. The zero-order chi connectivity index (χ0) is 24.4. The van der Waals surface area contributed by atoms with Crippen LogP contribution in [-0.4, -0.2) is 32.6 Å². The first-order valence-corrected chi connectivity index (χ1v) is 23.1. The number of amides is 1. The number of carbonyl (C=O) groups excluding carboxylic acids is 1. The van der Waals surface area contributed by atoms with E-state index in [1.165, 1.54) is 51.8 Å². The summed E-state index contributed by atoms with van der Waals surface area (Å²) in [6, 6.07) is 8.32. The fraction of sp³-hybridized carbons (Fsp3) is 0.667. The van der Waals surface area contributed by atoms with E-state index in [-0.39, 0.29) is 10.9 Å². The van der Waals surface area contributed by atoms with Gasteiger partial charge in [-0.05, 0) is 0 Å². The van der Waals surface area contributed by atoms with Crippen molar-refractivity contribution in [2.75, 3.05) is 0 Å². The number of rotatable bonds is 14. The van der Waals surface area contributed by atoms with Crippen LogP contribution in [0.4, 0.5) is 0 Å². The van der Waals surface area contributed by atoms with Crippen LogP contribution in [0.1, 0.15) is 85.6 Å². The molecule has 0 spiro atoms. The number of benzene rings is 1. The Morgan fingerprint density at radius 2 is 1.38 bits per heavy atom. The summed E-state index contributed by atoms with van der Waals surface area (Å²) < 4.78 is 11.2. The van der Waals surface area contributed by atoms with Gasteiger partial charge < -0.3 is 0 Å². The predicted molar refractivity (Wildman–Crippen MR) is 146 cm³/mol. The maximum atomic E-state index is 12.8. The van der Waals surface area contributed by atoms with Crippen LogP contribution in [0.5, 0.6) is 5.75 Å². The van der Waals surface area contributed by atoms with Crippen molar-refractivity contribution in [3.05, 3.63) is 33.4 Å². The molecule has 1 aromatic rings. The first kappa shape index (κ1) is 29.3. The minimum atomic E-state index is -2.88. The van der Waals surface area contributed by atoms with E-state index in [4.69, 9.17) is 10.2 Å². The summed E-state index contributed by atoms with van der Waals surface area (Å²) in [7, 11) is -1.87. The topological polar surface area (TPSA) is 52.3 Å². The second-order valence-corrected chi connectivity index (χ2v) is 28.8. The van der Waals surface area contributed by atoms with Gasteiger partial charge in [0.2, 0.25) is 0 Å². The molecule has 0 fully saturated rings. The molecule has 2 N–H and O–H groups in total. The predicted octanol–water partition coefficient (Wildman–Crippen LogP) is 8.33. The second kappa shape index (κ2) is 13.2. The standard InChI is InChI=1S/C15H22NO2Si.3C4H9.Sn/c1-15(2,3)19(4,5)18-13-9-6-12(7-10-13)8-11-14(16)17;3*1-3-4-2;/h6-10H,1-5H3,(H2,16,17);3*1,3-4H2,2H3;. The van der Waals surface area contributed by atoms with Crippen molar-refractivity contribution < 1.29 is 9.22 Å². The molecule has 0 heterocycles. The Bertz CT molecular complexity index is 713. The van der Waals surface area contributed by atoms with E-state index in [1.54, 1.807) is 0 Å². The monoisotopic (exact) mass is 567 g/mol. The molecule has 0 saturated heterocycles. The van der Waals surface area contributed by atoms with E-state index in [0.717, 1.165) is 14.9 Å². The molecule has 5 heteroatoms. The van der Waals surface area contributed by atoms with Gasteiger partial charge in [-0.3, -0.25) is 0 Å². The van der Waals surface area contributed by atoms with E-state index >= 15 is 0 Å². The maximum absolute atomic E-state index is 12.8. The number of primary amides is 1. The van der Waals surface area contributed by atoms with Crippen LogP contribution >= 0.6 is 0 Å². The van der Waals surface area contributed by atoms with Gasteiger partial charge in [-0.25, -0.2) is 0 Å². The van der Waals surface area contributed by atoms with Crippen molar-refractivity contribution in [1.29, 1.82) is 0 Å². The number of carbonyl (C=O) groups is 1. The zero-order valence-corrected chi connectivity index (χ0v) is 26.0. The Labute approximate surface area is 203 Å². The first-order valence-electron chi connectivity index (χ1n) is 12.7. The fourth-order valence-electron chi connectivity index (χ4n) is 4.06. The Hall–Kier alpha value is -0.754. The van der Waals surface area contributed by atoms with E-state index in [0.29, 0.717) is 0 Å². The van der Waals surface area contributed by atoms with Gasteiger partial charge in [0.25, 0.3) is 0 Å². The molecule has 0 atom stereocenters. The fourth-order valence-corrected chi connectivity index (χ4v) is 21.2. The van der Waals surface area contributed by atoms with Crippen molar-refractivity contribution >= 4 is 38.7 Å². The van der Waals surface area contributed by atoms with Crippen molar-refractivity contribution in [3.63, 3.8) is 0 Å².